The Balaban J connectivity index is 2.54. The molecule has 0 saturated carbocycles. The summed E-state index contributed by atoms with van der Waals surface area (Å²) < 4.78 is 0. The second kappa shape index (κ2) is 2.54. The molecule has 0 aliphatic heterocycles. The van der Waals surface area contributed by atoms with Gasteiger partial charge in [-0.2, -0.15) is 0 Å². The lowest BCUT2D eigenvalue weighted by Crippen LogP contribution is -1.98. The molecule has 0 fully saturated rings. The Morgan fingerprint density at radius 3 is 2.20 bits per heavy atom. The first-order chi connectivity index (χ1) is 2.27. The Bertz CT molecular complexity index is 23.6. The van der Waals surface area contributed by atoms with E-state index in [9.17, 15) is 0 Å². The SMILES string of the molecule is CN(P)OO. The van der Waals surface area contributed by atoms with Crippen molar-refractivity contribution in [1.29, 1.82) is 0 Å². The average Bonchev–Trinajstić information content (AvgIpc) is 1.38. The predicted molar refractivity (Wildman–Crippen MR) is 21.2 cm³/mol. The Labute approximate surface area is 32.7 Å². The molecular weight excluding hydrogens is 89.0 g/mol. The predicted octanol–water partition coefficient (Wildman–Crippen LogP) is 0.113. The fraction of sp³-hybridized carbons (Fsp3) is 1.00. The molecule has 32 valence electrons. The topological polar surface area (TPSA) is 32.7 Å². The highest BCUT2D eigenvalue weighted by molar-refractivity contribution is 7.12. The molecule has 0 heterocycles. The van der Waals surface area contributed by atoms with Crippen LogP contribution in [0.1, 0.15) is 0 Å². The van der Waals surface area contributed by atoms with E-state index in [1.807, 2.05) is 0 Å². The van der Waals surface area contributed by atoms with Crippen LogP contribution in [0.4, 0.5) is 0 Å². The second-order valence-corrected chi connectivity index (χ2v) is 1.36. The maximum atomic E-state index is 7.55. The van der Waals surface area contributed by atoms with Crippen molar-refractivity contribution in [1.82, 2.24) is 4.83 Å². The molecule has 0 radical (unpaired) electrons. The second-order valence-electron chi connectivity index (χ2n) is 0.628. The van der Waals surface area contributed by atoms with E-state index in [1.54, 1.807) is 7.05 Å². The van der Waals surface area contributed by atoms with Crippen LogP contribution in [-0.2, 0) is 4.99 Å². The van der Waals surface area contributed by atoms with Gasteiger partial charge in [0.25, 0.3) is 0 Å². The highest BCUT2D eigenvalue weighted by atomic mass is 31.0. The van der Waals surface area contributed by atoms with Crippen LogP contribution in [0.3, 0.4) is 0 Å². The van der Waals surface area contributed by atoms with Crippen molar-refractivity contribution in [2.45, 2.75) is 0 Å². The van der Waals surface area contributed by atoms with E-state index in [2.05, 4.69) is 14.4 Å². The Morgan fingerprint density at radius 2 is 2.20 bits per heavy atom. The average molecular weight is 95.0 g/mol. The first-order valence-corrected chi connectivity index (χ1v) is 1.59. The molecule has 1 unspecified atom stereocenters. The summed E-state index contributed by atoms with van der Waals surface area (Å²) in [5.74, 6) is 0. The van der Waals surface area contributed by atoms with Gasteiger partial charge in [0.1, 0.15) is 0 Å². The van der Waals surface area contributed by atoms with E-state index in [4.69, 9.17) is 5.26 Å². The van der Waals surface area contributed by atoms with Gasteiger partial charge in [0.2, 0.25) is 0 Å². The lowest BCUT2D eigenvalue weighted by molar-refractivity contribution is -0.347. The highest BCUT2D eigenvalue weighted by Crippen LogP contribution is 1.86. The van der Waals surface area contributed by atoms with E-state index < -0.39 is 0 Å². The largest absolute Gasteiger partial charge is 0.233 e. The standard InChI is InChI=1S/CH6NO2P/c1-2(5)4-3/h3H,5H2,1H3. The molecule has 5 heavy (non-hydrogen) atoms. The van der Waals surface area contributed by atoms with Crippen LogP contribution in [0, 0.1) is 0 Å². The summed E-state index contributed by atoms with van der Waals surface area (Å²) in [6.07, 6.45) is 0. The van der Waals surface area contributed by atoms with Crippen molar-refractivity contribution in [2.24, 2.45) is 0 Å². The van der Waals surface area contributed by atoms with Gasteiger partial charge in [0.15, 0.2) is 0 Å². The molecule has 1 N–H and O–H groups in total. The van der Waals surface area contributed by atoms with Crippen molar-refractivity contribution in [3.05, 3.63) is 0 Å². The molecule has 0 aromatic carbocycles. The molecule has 0 spiro atoms. The lowest BCUT2D eigenvalue weighted by atomic mass is 11.6. The van der Waals surface area contributed by atoms with Gasteiger partial charge in [-0.15, -0.1) is 9.82 Å². The van der Waals surface area contributed by atoms with Crippen LogP contribution in [0.5, 0.6) is 0 Å². The molecule has 0 saturated heterocycles. The number of hydrogen-bond donors (Lipinski definition) is 1. The minimum atomic E-state index is 1.10. The third-order valence-electron chi connectivity index (χ3n) is 0.129. The van der Waals surface area contributed by atoms with Crippen molar-refractivity contribution in [2.75, 3.05) is 7.05 Å². The van der Waals surface area contributed by atoms with Crippen molar-refractivity contribution >= 4 is 9.39 Å². The van der Waals surface area contributed by atoms with Gasteiger partial charge in [0, 0.05) is 7.05 Å². The summed E-state index contributed by atoms with van der Waals surface area (Å²) in [7, 11) is 3.64. The third-order valence-corrected chi connectivity index (χ3v) is 0.223. The third kappa shape index (κ3) is 4.31. The molecule has 3 nitrogen and oxygen atoms in total. The van der Waals surface area contributed by atoms with Crippen molar-refractivity contribution < 1.29 is 10.2 Å². The van der Waals surface area contributed by atoms with Crippen LogP contribution in [0.2, 0.25) is 0 Å². The van der Waals surface area contributed by atoms with Crippen LogP contribution < -0.4 is 0 Å². The maximum absolute atomic E-state index is 7.55. The minimum absolute atomic E-state index is 1.10. The fourth-order valence-electron chi connectivity index (χ4n) is 0. The van der Waals surface area contributed by atoms with Crippen LogP contribution in [0.15, 0.2) is 0 Å². The molecule has 1 atom stereocenters. The maximum Gasteiger partial charge on any atom is 0.0191 e. The number of nitrogens with zero attached hydrogens (tertiary/aromatic N) is 1. The van der Waals surface area contributed by atoms with Gasteiger partial charge in [-0.1, -0.05) is 0 Å². The number of hydroxylamine groups is 1. The molecule has 0 aliphatic rings. The molecule has 0 aromatic rings. The van der Waals surface area contributed by atoms with E-state index in [0.717, 1.165) is 4.83 Å². The number of rotatable bonds is 1. The smallest absolute Gasteiger partial charge is 0.0191 e. The molecule has 0 bridgehead atoms. The van der Waals surface area contributed by atoms with E-state index >= 15 is 0 Å². The van der Waals surface area contributed by atoms with Crippen LogP contribution >= 0.6 is 9.39 Å². The summed E-state index contributed by atoms with van der Waals surface area (Å²) in [6, 6.07) is 0. The zero-order valence-corrected chi connectivity index (χ0v) is 4.03. The van der Waals surface area contributed by atoms with E-state index in [-0.39, 0.29) is 0 Å². The zero-order valence-electron chi connectivity index (χ0n) is 2.88. The van der Waals surface area contributed by atoms with Gasteiger partial charge < -0.3 is 0 Å². The van der Waals surface area contributed by atoms with Gasteiger partial charge in [-0.25, -0.2) is 5.26 Å². The Kier molecular flexibility index (Phi) is 2.70. The molecular formula is CH6NO2P. The van der Waals surface area contributed by atoms with Crippen molar-refractivity contribution in [3.8, 4) is 0 Å². The summed E-state index contributed by atoms with van der Waals surface area (Å²) in [6.45, 7) is 0. The first kappa shape index (κ1) is 5.31. The molecule has 4 heteroatoms. The van der Waals surface area contributed by atoms with Gasteiger partial charge in [-0.05, 0) is 9.39 Å². The van der Waals surface area contributed by atoms with Crippen LogP contribution in [-0.4, -0.2) is 17.1 Å². The van der Waals surface area contributed by atoms with E-state index in [0.29, 0.717) is 0 Å². The summed E-state index contributed by atoms with van der Waals surface area (Å²) >= 11 is 0. The molecule has 0 aromatic heterocycles. The lowest BCUT2D eigenvalue weighted by Gasteiger charge is -1.97. The van der Waals surface area contributed by atoms with Crippen molar-refractivity contribution in [3.63, 3.8) is 0 Å². The monoisotopic (exact) mass is 95.0 g/mol. The summed E-state index contributed by atoms with van der Waals surface area (Å²) in [5.41, 5.74) is 0. The quantitative estimate of drug-likeness (QED) is 0.285. The molecule has 0 amide bonds. The van der Waals surface area contributed by atoms with E-state index in [1.165, 1.54) is 0 Å². The first-order valence-electron chi connectivity index (χ1n) is 1.07. The zero-order chi connectivity index (χ0) is 4.28. The highest BCUT2D eigenvalue weighted by Gasteiger charge is 1.74. The van der Waals surface area contributed by atoms with Gasteiger partial charge >= 0.3 is 0 Å². The fourth-order valence-corrected chi connectivity index (χ4v) is 0. The molecule has 0 aliphatic carbocycles. The van der Waals surface area contributed by atoms with Crippen LogP contribution in [0.25, 0.3) is 0 Å². The molecule has 0 rings (SSSR count). The normalized spacial score (nSPS) is 9.60. The Morgan fingerprint density at radius 1 is 2.00 bits per heavy atom. The summed E-state index contributed by atoms with van der Waals surface area (Å²) in [5, 5.41) is 7.55. The summed E-state index contributed by atoms with van der Waals surface area (Å²) in [4.78, 5) is 4.64. The minimum Gasteiger partial charge on any atom is -0.233 e. The number of hydrogen-bond acceptors (Lipinski definition) is 3. The van der Waals surface area contributed by atoms with Gasteiger partial charge in [-0.3, -0.25) is 0 Å². The van der Waals surface area contributed by atoms with Gasteiger partial charge in [0.05, 0.1) is 0 Å². The Hall–Kier alpha value is 0.310.